The molecular formula is C18H19ClF3N3O3S. The van der Waals surface area contributed by atoms with Crippen LogP contribution in [0.1, 0.15) is 54.0 Å². The van der Waals surface area contributed by atoms with E-state index in [1.165, 1.54) is 10.7 Å². The average molecular weight is 450 g/mol. The Morgan fingerprint density at radius 3 is 2.55 bits per heavy atom. The molecule has 1 aliphatic heterocycles. The van der Waals surface area contributed by atoms with Crippen molar-refractivity contribution in [1.82, 2.24) is 9.78 Å². The van der Waals surface area contributed by atoms with Crippen molar-refractivity contribution < 1.29 is 26.4 Å². The number of alkyl halides is 3. The number of nitrogens with zero attached hydrogens (tertiary/aromatic N) is 2. The van der Waals surface area contributed by atoms with E-state index in [0.29, 0.717) is 12.1 Å². The van der Waals surface area contributed by atoms with Crippen molar-refractivity contribution in [3.8, 4) is 0 Å². The van der Waals surface area contributed by atoms with Gasteiger partial charge in [-0.05, 0) is 36.6 Å². The van der Waals surface area contributed by atoms with Crippen molar-refractivity contribution in [2.45, 2.75) is 38.4 Å². The molecule has 0 aliphatic carbocycles. The quantitative estimate of drug-likeness (QED) is 0.755. The lowest BCUT2D eigenvalue weighted by molar-refractivity contribution is -0.137. The van der Waals surface area contributed by atoms with E-state index in [-0.39, 0.29) is 39.9 Å². The van der Waals surface area contributed by atoms with Crippen LogP contribution in [-0.4, -0.2) is 35.6 Å². The summed E-state index contributed by atoms with van der Waals surface area (Å²) in [6, 6.07) is 3.78. The molecule has 0 unspecified atom stereocenters. The SMILES string of the molecule is CC(C)c1cc(C(=O)Nc2cc(C(F)(F)F)ccc2Cl)nn1[C@H]1CCS(=O)(=O)C1. The van der Waals surface area contributed by atoms with Gasteiger partial charge < -0.3 is 5.32 Å². The molecule has 0 radical (unpaired) electrons. The molecule has 6 nitrogen and oxygen atoms in total. The van der Waals surface area contributed by atoms with Gasteiger partial charge in [0, 0.05) is 5.69 Å². The summed E-state index contributed by atoms with van der Waals surface area (Å²) in [7, 11) is -3.16. The maximum atomic E-state index is 12.9. The number of benzene rings is 1. The maximum absolute atomic E-state index is 12.9. The van der Waals surface area contributed by atoms with Gasteiger partial charge in [0.25, 0.3) is 5.91 Å². The Morgan fingerprint density at radius 1 is 1.31 bits per heavy atom. The van der Waals surface area contributed by atoms with E-state index in [1.54, 1.807) is 0 Å². The Bertz CT molecular complexity index is 1050. The summed E-state index contributed by atoms with van der Waals surface area (Å²) in [5.41, 5.74) is -0.476. The van der Waals surface area contributed by atoms with Crippen LogP contribution in [0.5, 0.6) is 0 Å². The van der Waals surface area contributed by atoms with E-state index in [1.807, 2.05) is 13.8 Å². The molecule has 1 N–H and O–H groups in total. The van der Waals surface area contributed by atoms with Gasteiger partial charge in [-0.3, -0.25) is 9.48 Å². The molecule has 29 heavy (non-hydrogen) atoms. The Labute approximate surface area is 171 Å². The van der Waals surface area contributed by atoms with Gasteiger partial charge in [0.1, 0.15) is 0 Å². The first kappa shape index (κ1) is 21.6. The van der Waals surface area contributed by atoms with Gasteiger partial charge in [0.15, 0.2) is 15.5 Å². The van der Waals surface area contributed by atoms with Crippen LogP contribution in [0.15, 0.2) is 24.3 Å². The van der Waals surface area contributed by atoms with Crippen LogP contribution in [-0.2, 0) is 16.0 Å². The molecule has 11 heteroatoms. The number of halogens is 4. The molecule has 1 amide bonds. The van der Waals surface area contributed by atoms with E-state index in [9.17, 15) is 26.4 Å². The predicted octanol–water partition coefficient (Wildman–Crippen LogP) is 4.29. The molecular weight excluding hydrogens is 431 g/mol. The van der Waals surface area contributed by atoms with Gasteiger partial charge in [-0.25, -0.2) is 8.42 Å². The highest BCUT2D eigenvalue weighted by atomic mass is 35.5. The molecule has 0 spiro atoms. The van der Waals surface area contributed by atoms with Crippen LogP contribution in [0.25, 0.3) is 0 Å². The molecule has 158 valence electrons. The summed E-state index contributed by atoms with van der Waals surface area (Å²) >= 11 is 5.93. The van der Waals surface area contributed by atoms with Crippen molar-refractivity contribution in [3.63, 3.8) is 0 Å². The van der Waals surface area contributed by atoms with Crippen molar-refractivity contribution in [3.05, 3.63) is 46.2 Å². The first-order valence-corrected chi connectivity index (χ1v) is 11.1. The van der Waals surface area contributed by atoms with Gasteiger partial charge in [-0.1, -0.05) is 25.4 Å². The first-order chi connectivity index (χ1) is 13.4. The van der Waals surface area contributed by atoms with Crippen molar-refractivity contribution in [1.29, 1.82) is 0 Å². The summed E-state index contributed by atoms with van der Waals surface area (Å²) in [5, 5.41) is 6.57. The van der Waals surface area contributed by atoms with Gasteiger partial charge in [0.05, 0.1) is 33.8 Å². The number of carbonyl (C=O) groups excluding carboxylic acids is 1. The Morgan fingerprint density at radius 2 is 2.00 bits per heavy atom. The summed E-state index contributed by atoms with van der Waals surface area (Å²) in [4.78, 5) is 12.6. The van der Waals surface area contributed by atoms with Crippen LogP contribution in [0.2, 0.25) is 5.02 Å². The van der Waals surface area contributed by atoms with Crippen LogP contribution in [0, 0.1) is 0 Å². The number of carbonyl (C=O) groups is 1. The third kappa shape index (κ3) is 4.75. The number of amides is 1. The lowest BCUT2D eigenvalue weighted by atomic mass is 10.1. The minimum Gasteiger partial charge on any atom is -0.319 e. The highest BCUT2D eigenvalue weighted by Gasteiger charge is 2.33. The molecule has 0 saturated carbocycles. The van der Waals surface area contributed by atoms with Gasteiger partial charge in [0.2, 0.25) is 0 Å². The summed E-state index contributed by atoms with van der Waals surface area (Å²) in [6.07, 6.45) is -4.19. The Balaban J connectivity index is 1.90. The van der Waals surface area contributed by atoms with Crippen LogP contribution >= 0.6 is 11.6 Å². The largest absolute Gasteiger partial charge is 0.416 e. The topological polar surface area (TPSA) is 81.1 Å². The number of hydrogen-bond donors (Lipinski definition) is 1. The zero-order valence-electron chi connectivity index (χ0n) is 15.6. The van der Waals surface area contributed by atoms with Gasteiger partial charge in [-0.15, -0.1) is 0 Å². The molecule has 2 heterocycles. The average Bonchev–Trinajstić information content (AvgIpc) is 3.19. The van der Waals surface area contributed by atoms with Crippen LogP contribution in [0.4, 0.5) is 18.9 Å². The number of hydrogen-bond acceptors (Lipinski definition) is 4. The van der Waals surface area contributed by atoms with E-state index in [2.05, 4.69) is 10.4 Å². The maximum Gasteiger partial charge on any atom is 0.416 e. The molecule has 1 aromatic heterocycles. The summed E-state index contributed by atoms with van der Waals surface area (Å²) in [6.45, 7) is 3.75. The number of nitrogens with one attached hydrogen (secondary N) is 1. The van der Waals surface area contributed by atoms with Crippen LogP contribution in [0.3, 0.4) is 0 Å². The zero-order chi connectivity index (χ0) is 21.6. The number of aromatic nitrogens is 2. The van der Waals surface area contributed by atoms with E-state index in [4.69, 9.17) is 11.6 Å². The van der Waals surface area contributed by atoms with E-state index < -0.39 is 27.5 Å². The van der Waals surface area contributed by atoms with Crippen molar-refractivity contribution in [2.75, 3.05) is 16.8 Å². The fourth-order valence-corrected chi connectivity index (χ4v) is 5.05. The standard InChI is InChI=1S/C18H19ClF3N3O3S/c1-10(2)16-8-15(24-25(16)12-5-6-29(27,28)9-12)17(26)23-14-7-11(18(20,21)22)3-4-13(14)19/h3-4,7-8,10,12H,5-6,9H2,1-2H3,(H,23,26)/t12-/m0/s1. The van der Waals surface area contributed by atoms with Gasteiger partial charge >= 0.3 is 6.18 Å². The van der Waals surface area contributed by atoms with Crippen molar-refractivity contribution in [2.24, 2.45) is 0 Å². The van der Waals surface area contributed by atoms with Gasteiger partial charge in [-0.2, -0.15) is 18.3 Å². The smallest absolute Gasteiger partial charge is 0.319 e. The Hall–Kier alpha value is -2.07. The highest BCUT2D eigenvalue weighted by Crippen LogP contribution is 2.34. The van der Waals surface area contributed by atoms with E-state index in [0.717, 1.165) is 18.2 Å². The Kier molecular flexibility index (Phi) is 5.70. The monoisotopic (exact) mass is 449 g/mol. The van der Waals surface area contributed by atoms with Crippen molar-refractivity contribution >= 4 is 33.0 Å². The molecule has 1 aromatic carbocycles. The lowest BCUT2D eigenvalue weighted by Crippen LogP contribution is -2.18. The number of rotatable bonds is 4. The van der Waals surface area contributed by atoms with Crippen LogP contribution < -0.4 is 5.32 Å². The fourth-order valence-electron chi connectivity index (χ4n) is 3.20. The second-order valence-corrected chi connectivity index (χ2v) is 9.89. The molecule has 0 bridgehead atoms. The molecule has 1 saturated heterocycles. The number of sulfone groups is 1. The zero-order valence-corrected chi connectivity index (χ0v) is 17.2. The molecule has 1 atom stereocenters. The second-order valence-electron chi connectivity index (χ2n) is 7.26. The normalized spacial score (nSPS) is 18.9. The molecule has 3 rings (SSSR count). The highest BCUT2D eigenvalue weighted by molar-refractivity contribution is 7.91. The minimum absolute atomic E-state index is 0.0218. The predicted molar refractivity (Wildman–Crippen MR) is 103 cm³/mol. The minimum atomic E-state index is -4.58. The third-order valence-electron chi connectivity index (χ3n) is 4.68. The molecule has 1 aliphatic rings. The third-order valence-corrected chi connectivity index (χ3v) is 6.76. The molecule has 2 aromatic rings. The second kappa shape index (κ2) is 7.64. The first-order valence-electron chi connectivity index (χ1n) is 8.85. The number of anilines is 1. The summed E-state index contributed by atoms with van der Waals surface area (Å²) in [5.74, 6) is -0.775. The summed E-state index contributed by atoms with van der Waals surface area (Å²) < 4.78 is 63.9. The molecule has 1 fully saturated rings. The lowest BCUT2D eigenvalue weighted by Gasteiger charge is -2.15. The van der Waals surface area contributed by atoms with E-state index >= 15 is 0 Å². The fraction of sp³-hybridized carbons (Fsp3) is 0.444.